The summed E-state index contributed by atoms with van der Waals surface area (Å²) in [5, 5.41) is 25.6. The van der Waals surface area contributed by atoms with Gasteiger partial charge in [0.15, 0.2) is 21.5 Å². The van der Waals surface area contributed by atoms with E-state index in [4.69, 9.17) is 11.6 Å². The summed E-state index contributed by atoms with van der Waals surface area (Å²) in [6.45, 7) is 0. The van der Waals surface area contributed by atoms with Crippen LogP contribution < -0.4 is 5.32 Å². The van der Waals surface area contributed by atoms with Gasteiger partial charge in [-0.25, -0.2) is 22.2 Å². The standard InChI is InChI=1S/C31H27ClF2N2O5S/c32-23-10-5-18(30(38)35-21-9-11-24(33)25(34)16-21)13-28(23)42(40,41)22-14-19-7-8-20(15-22)31(19,39)29(37)27-12-6-17-3-1-2-4-26(17)36-27/h1-6,9-13,16,19-20,22,29,37,39H,7-8,14-15H2,(H,35,38)/t19-,20+,22?,29?,31?. The van der Waals surface area contributed by atoms with Crippen molar-refractivity contribution in [2.75, 3.05) is 5.32 Å². The Bertz CT molecular complexity index is 1800. The quantitative estimate of drug-likeness (QED) is 0.252. The van der Waals surface area contributed by atoms with Crippen LogP contribution in [0.15, 0.2) is 77.7 Å². The molecule has 3 N–H and O–H groups in total. The van der Waals surface area contributed by atoms with Crippen molar-refractivity contribution in [2.45, 2.75) is 47.5 Å². The summed E-state index contributed by atoms with van der Waals surface area (Å²) in [5.74, 6) is -3.93. The number of hydrogen-bond donors (Lipinski definition) is 3. The van der Waals surface area contributed by atoms with E-state index in [1.165, 1.54) is 24.3 Å². The van der Waals surface area contributed by atoms with E-state index in [1.54, 1.807) is 6.07 Å². The molecule has 4 aromatic rings. The summed E-state index contributed by atoms with van der Waals surface area (Å²) in [4.78, 5) is 17.2. The van der Waals surface area contributed by atoms with E-state index in [0.717, 1.165) is 17.5 Å². The van der Waals surface area contributed by atoms with Crippen molar-refractivity contribution in [1.82, 2.24) is 4.98 Å². The van der Waals surface area contributed by atoms with Crippen molar-refractivity contribution in [3.63, 3.8) is 0 Å². The topological polar surface area (TPSA) is 117 Å². The second-order valence-corrected chi connectivity index (χ2v) is 13.7. The van der Waals surface area contributed by atoms with Gasteiger partial charge in [-0.05, 0) is 80.0 Å². The lowest BCUT2D eigenvalue weighted by molar-refractivity contribution is -0.145. The van der Waals surface area contributed by atoms with Crippen molar-refractivity contribution < 1.29 is 32.2 Å². The zero-order valence-electron chi connectivity index (χ0n) is 22.2. The fourth-order valence-corrected chi connectivity index (χ4v) is 8.93. The van der Waals surface area contributed by atoms with Gasteiger partial charge >= 0.3 is 0 Å². The molecule has 1 heterocycles. The maximum absolute atomic E-state index is 13.9. The third kappa shape index (κ3) is 4.86. The number of aliphatic hydroxyl groups is 2. The fourth-order valence-electron chi connectivity index (χ4n) is 6.53. The molecule has 11 heteroatoms. The first-order valence-electron chi connectivity index (χ1n) is 13.5. The van der Waals surface area contributed by atoms with Crippen LogP contribution in [-0.4, -0.2) is 40.4 Å². The molecule has 0 radical (unpaired) electrons. The Morgan fingerprint density at radius 1 is 0.976 bits per heavy atom. The average Bonchev–Trinajstić information content (AvgIpc) is 3.13. The van der Waals surface area contributed by atoms with E-state index in [9.17, 15) is 32.2 Å². The normalized spacial score (nSPS) is 24.5. The van der Waals surface area contributed by atoms with E-state index in [-0.39, 0.29) is 34.0 Å². The van der Waals surface area contributed by atoms with Crippen molar-refractivity contribution in [3.8, 4) is 0 Å². The third-order valence-corrected chi connectivity index (χ3v) is 11.4. The van der Waals surface area contributed by atoms with Crippen LogP contribution in [0.4, 0.5) is 14.5 Å². The van der Waals surface area contributed by atoms with E-state index >= 15 is 0 Å². The van der Waals surface area contributed by atoms with Gasteiger partial charge in [-0.3, -0.25) is 4.79 Å². The average molecular weight is 613 g/mol. The van der Waals surface area contributed by atoms with Crippen LogP contribution in [0.3, 0.4) is 0 Å². The number of fused-ring (bicyclic) bond motifs is 3. The minimum absolute atomic E-state index is 0.000796. The van der Waals surface area contributed by atoms with Crippen LogP contribution in [-0.2, 0) is 9.84 Å². The van der Waals surface area contributed by atoms with E-state index in [0.29, 0.717) is 24.1 Å². The van der Waals surface area contributed by atoms with Gasteiger partial charge in [-0.2, -0.15) is 0 Å². The number of anilines is 1. The second-order valence-electron chi connectivity index (χ2n) is 11.1. The molecule has 0 spiro atoms. The van der Waals surface area contributed by atoms with Crippen molar-refractivity contribution >= 4 is 43.9 Å². The predicted octanol–water partition coefficient (Wildman–Crippen LogP) is 5.85. The van der Waals surface area contributed by atoms with Gasteiger partial charge in [0, 0.05) is 22.7 Å². The number of sulfone groups is 1. The first-order valence-corrected chi connectivity index (χ1v) is 15.5. The third-order valence-electron chi connectivity index (χ3n) is 8.72. The molecule has 5 atom stereocenters. The van der Waals surface area contributed by atoms with Gasteiger partial charge in [0.1, 0.15) is 11.7 Å². The first kappa shape index (κ1) is 28.7. The van der Waals surface area contributed by atoms with E-state index < -0.39 is 56.2 Å². The Balaban J connectivity index is 1.24. The van der Waals surface area contributed by atoms with E-state index in [2.05, 4.69) is 10.3 Å². The first-order chi connectivity index (χ1) is 20.0. The van der Waals surface area contributed by atoms with Gasteiger partial charge < -0.3 is 15.5 Å². The molecular formula is C31H27ClF2N2O5S. The van der Waals surface area contributed by atoms with E-state index in [1.807, 2.05) is 30.3 Å². The molecule has 0 aliphatic heterocycles. The van der Waals surface area contributed by atoms with Crippen LogP contribution in [0.25, 0.3) is 10.9 Å². The molecule has 2 fully saturated rings. The van der Waals surface area contributed by atoms with Gasteiger partial charge in [0.05, 0.1) is 26.4 Å². The van der Waals surface area contributed by atoms with Gasteiger partial charge in [0.25, 0.3) is 5.91 Å². The van der Waals surface area contributed by atoms with Crippen LogP contribution >= 0.6 is 11.6 Å². The molecule has 3 unspecified atom stereocenters. The van der Waals surface area contributed by atoms with Crippen LogP contribution in [0.1, 0.15) is 47.8 Å². The lowest BCUT2D eigenvalue weighted by atomic mass is 9.70. The fraction of sp³-hybridized carbons (Fsp3) is 0.290. The maximum Gasteiger partial charge on any atom is 0.255 e. The molecule has 1 amide bonds. The Kier molecular flexibility index (Phi) is 7.29. The number of aromatic nitrogens is 1. The van der Waals surface area contributed by atoms with Crippen LogP contribution in [0.2, 0.25) is 5.02 Å². The molecule has 218 valence electrons. The number of benzene rings is 3. The molecule has 42 heavy (non-hydrogen) atoms. The molecule has 2 bridgehead atoms. The molecule has 3 aromatic carbocycles. The molecule has 0 saturated heterocycles. The Labute approximate surface area is 246 Å². The second kappa shape index (κ2) is 10.7. The number of carbonyl (C=O) groups excluding carboxylic acids is 1. The number of halogens is 3. The minimum atomic E-state index is -4.06. The van der Waals surface area contributed by atoms with Crippen molar-refractivity contribution in [1.29, 1.82) is 0 Å². The molecule has 2 aliphatic rings. The van der Waals surface area contributed by atoms with Crippen LogP contribution in [0.5, 0.6) is 0 Å². The predicted molar refractivity (Wildman–Crippen MR) is 154 cm³/mol. The summed E-state index contributed by atoms with van der Waals surface area (Å²) in [6, 6.07) is 17.7. The Morgan fingerprint density at radius 2 is 1.69 bits per heavy atom. The highest BCUT2D eigenvalue weighted by molar-refractivity contribution is 7.92. The summed E-state index contributed by atoms with van der Waals surface area (Å²) in [5.41, 5.74) is -0.560. The summed E-state index contributed by atoms with van der Waals surface area (Å²) in [6.07, 6.45) is -0.0108. The van der Waals surface area contributed by atoms with Gasteiger partial charge in [0.2, 0.25) is 0 Å². The number of pyridine rings is 1. The minimum Gasteiger partial charge on any atom is -0.386 e. The summed E-state index contributed by atoms with van der Waals surface area (Å²) in [7, 11) is -4.06. The highest BCUT2D eigenvalue weighted by atomic mass is 35.5. The number of rotatable bonds is 6. The maximum atomic E-state index is 13.9. The smallest absolute Gasteiger partial charge is 0.255 e. The molecular weight excluding hydrogens is 586 g/mol. The summed E-state index contributed by atoms with van der Waals surface area (Å²) >= 11 is 6.33. The number of carbonyl (C=O) groups is 1. The highest BCUT2D eigenvalue weighted by Crippen LogP contribution is 2.56. The number of aliphatic hydroxyl groups excluding tert-OH is 1. The number of nitrogens with one attached hydrogen (secondary N) is 1. The Hall–Kier alpha value is -3.44. The van der Waals surface area contributed by atoms with Crippen molar-refractivity contribution in [2.24, 2.45) is 11.8 Å². The number of amides is 1. The molecule has 7 nitrogen and oxygen atoms in total. The monoisotopic (exact) mass is 612 g/mol. The molecule has 2 aliphatic carbocycles. The SMILES string of the molecule is O=C(Nc1ccc(F)c(F)c1)c1ccc(Cl)c(S(=O)(=O)C2C[C@H]3CC[C@@H](C2)C3(O)C(O)c2ccc3ccccc3n2)c1. The number of para-hydroxylation sites is 1. The largest absolute Gasteiger partial charge is 0.386 e. The zero-order chi connectivity index (χ0) is 29.8. The van der Waals surface area contributed by atoms with Crippen LogP contribution in [0, 0.1) is 23.5 Å². The van der Waals surface area contributed by atoms with Gasteiger partial charge in [-0.15, -0.1) is 0 Å². The summed E-state index contributed by atoms with van der Waals surface area (Å²) < 4.78 is 54.6. The molecule has 2 saturated carbocycles. The zero-order valence-corrected chi connectivity index (χ0v) is 23.7. The van der Waals surface area contributed by atoms with Crippen molar-refractivity contribution in [3.05, 3.63) is 101 Å². The van der Waals surface area contributed by atoms with Gasteiger partial charge in [-0.1, -0.05) is 35.9 Å². The molecule has 1 aromatic heterocycles. The Morgan fingerprint density at radius 3 is 2.40 bits per heavy atom. The number of nitrogens with zero attached hydrogens (tertiary/aromatic N) is 1. The number of hydrogen-bond acceptors (Lipinski definition) is 6. The molecule has 6 rings (SSSR count). The highest BCUT2D eigenvalue weighted by Gasteiger charge is 2.59. The lowest BCUT2D eigenvalue weighted by Gasteiger charge is -2.45. The lowest BCUT2D eigenvalue weighted by Crippen LogP contribution is -2.52.